The van der Waals surface area contributed by atoms with Crippen LogP contribution in [0.2, 0.25) is 5.02 Å². The summed E-state index contributed by atoms with van der Waals surface area (Å²) in [6.07, 6.45) is 1.25. The number of rotatable bonds is 5. The Bertz CT molecular complexity index is 586. The number of hydrogen-bond donors (Lipinski definition) is 0. The van der Waals surface area contributed by atoms with E-state index in [1.54, 1.807) is 12.1 Å². The van der Waals surface area contributed by atoms with Crippen molar-refractivity contribution in [1.82, 2.24) is 0 Å². The minimum Gasteiger partial charge on any atom is -0.207 e. The van der Waals surface area contributed by atoms with Gasteiger partial charge in [-0.3, -0.25) is 0 Å². The summed E-state index contributed by atoms with van der Waals surface area (Å²) in [5.41, 5.74) is 1.51. The molecule has 0 saturated carbocycles. The summed E-state index contributed by atoms with van der Waals surface area (Å²) in [5.74, 6) is -0.311. The van der Waals surface area contributed by atoms with E-state index >= 15 is 0 Å². The molecule has 0 aliphatic carbocycles. The maximum Gasteiger partial charge on any atom is 0.126 e. The van der Waals surface area contributed by atoms with E-state index in [0.717, 1.165) is 10.9 Å². The van der Waals surface area contributed by atoms with Gasteiger partial charge in [0, 0.05) is 10.4 Å². The van der Waals surface area contributed by atoms with Gasteiger partial charge in [0.15, 0.2) is 0 Å². The summed E-state index contributed by atoms with van der Waals surface area (Å²) < 4.78 is 26.9. The van der Waals surface area contributed by atoms with Crippen LogP contribution in [0.5, 0.6) is 0 Å². The molecule has 1 unspecified atom stereocenters. The largest absolute Gasteiger partial charge is 0.207 e. The van der Waals surface area contributed by atoms with E-state index in [4.69, 9.17) is 11.6 Å². The van der Waals surface area contributed by atoms with Gasteiger partial charge in [-0.05, 0) is 60.2 Å². The average molecular weight is 360 g/mol. The van der Waals surface area contributed by atoms with Crippen LogP contribution < -0.4 is 0 Å². The predicted octanol–water partition coefficient (Wildman–Crippen LogP) is 5.41. The second-order valence-corrected chi connectivity index (χ2v) is 5.88. The molecular formula is C16H14BrClF2. The first-order valence-electron chi connectivity index (χ1n) is 6.33. The molecule has 106 valence electrons. The lowest BCUT2D eigenvalue weighted by molar-refractivity contribution is 0.548. The van der Waals surface area contributed by atoms with Gasteiger partial charge >= 0.3 is 0 Å². The van der Waals surface area contributed by atoms with Crippen LogP contribution in [0.1, 0.15) is 11.1 Å². The van der Waals surface area contributed by atoms with E-state index in [-0.39, 0.29) is 17.6 Å². The highest BCUT2D eigenvalue weighted by atomic mass is 79.9. The van der Waals surface area contributed by atoms with Crippen LogP contribution >= 0.6 is 27.5 Å². The van der Waals surface area contributed by atoms with Crippen LogP contribution in [0.3, 0.4) is 0 Å². The van der Waals surface area contributed by atoms with Crippen molar-refractivity contribution in [3.63, 3.8) is 0 Å². The molecule has 0 saturated heterocycles. The van der Waals surface area contributed by atoms with E-state index in [1.165, 1.54) is 24.3 Å². The smallest absolute Gasteiger partial charge is 0.126 e. The molecule has 0 aromatic heterocycles. The van der Waals surface area contributed by atoms with Gasteiger partial charge in [-0.1, -0.05) is 39.7 Å². The Hall–Kier alpha value is -0.930. The second-order valence-electron chi connectivity index (χ2n) is 4.79. The number of hydrogen-bond acceptors (Lipinski definition) is 0. The topological polar surface area (TPSA) is 0 Å². The molecule has 0 aliphatic heterocycles. The Kier molecular flexibility index (Phi) is 5.55. The third-order valence-corrected chi connectivity index (χ3v) is 4.30. The van der Waals surface area contributed by atoms with Crippen LogP contribution in [0.4, 0.5) is 8.78 Å². The molecule has 0 aliphatic rings. The van der Waals surface area contributed by atoms with E-state index in [9.17, 15) is 8.78 Å². The lowest BCUT2D eigenvalue weighted by Gasteiger charge is -2.15. The molecule has 0 heterocycles. The summed E-state index contributed by atoms with van der Waals surface area (Å²) in [4.78, 5) is 0. The van der Waals surface area contributed by atoms with Gasteiger partial charge in [-0.15, -0.1) is 0 Å². The van der Waals surface area contributed by atoms with E-state index in [2.05, 4.69) is 15.9 Å². The van der Waals surface area contributed by atoms with E-state index in [0.29, 0.717) is 23.4 Å². The van der Waals surface area contributed by atoms with Crippen LogP contribution in [0, 0.1) is 17.6 Å². The molecule has 1 atom stereocenters. The summed E-state index contributed by atoms with van der Waals surface area (Å²) in [6.45, 7) is 0. The average Bonchev–Trinajstić information content (AvgIpc) is 2.42. The van der Waals surface area contributed by atoms with Crippen molar-refractivity contribution in [3.05, 3.63) is 70.2 Å². The SMILES string of the molecule is Fc1cccc(CC(CBr)Cc2cc(Cl)ccc2F)c1. The zero-order chi connectivity index (χ0) is 14.5. The highest BCUT2D eigenvalue weighted by Gasteiger charge is 2.13. The number of benzene rings is 2. The first-order valence-corrected chi connectivity index (χ1v) is 7.82. The monoisotopic (exact) mass is 358 g/mol. The molecule has 0 spiro atoms. The molecule has 0 radical (unpaired) electrons. The summed E-state index contributed by atoms with van der Waals surface area (Å²) in [7, 11) is 0. The fourth-order valence-electron chi connectivity index (χ4n) is 2.19. The van der Waals surface area contributed by atoms with Crippen LogP contribution in [0.25, 0.3) is 0 Å². The predicted molar refractivity (Wildman–Crippen MR) is 82.5 cm³/mol. The van der Waals surface area contributed by atoms with Gasteiger partial charge in [-0.25, -0.2) is 8.78 Å². The first-order chi connectivity index (χ1) is 9.58. The zero-order valence-electron chi connectivity index (χ0n) is 10.8. The summed E-state index contributed by atoms with van der Waals surface area (Å²) >= 11 is 9.34. The Balaban J connectivity index is 2.11. The fraction of sp³-hybridized carbons (Fsp3) is 0.250. The van der Waals surface area contributed by atoms with Crippen LogP contribution in [0.15, 0.2) is 42.5 Å². The fourth-order valence-corrected chi connectivity index (χ4v) is 2.84. The molecule has 2 aromatic carbocycles. The molecule has 0 bridgehead atoms. The molecule has 0 nitrogen and oxygen atoms in total. The molecule has 20 heavy (non-hydrogen) atoms. The minimum atomic E-state index is -0.250. The normalized spacial score (nSPS) is 12.4. The number of alkyl halides is 1. The number of halogens is 4. The van der Waals surface area contributed by atoms with Crippen LogP contribution in [-0.4, -0.2) is 5.33 Å². The van der Waals surface area contributed by atoms with E-state index in [1.807, 2.05) is 6.07 Å². The third-order valence-electron chi connectivity index (χ3n) is 3.15. The van der Waals surface area contributed by atoms with Crippen molar-refractivity contribution in [2.75, 3.05) is 5.33 Å². The molecular weight excluding hydrogens is 346 g/mol. The molecule has 4 heteroatoms. The Morgan fingerprint density at radius 1 is 1.05 bits per heavy atom. The molecule has 0 fully saturated rings. The molecule has 0 amide bonds. The maximum atomic E-state index is 13.7. The minimum absolute atomic E-state index is 0.185. The Morgan fingerprint density at radius 2 is 1.85 bits per heavy atom. The van der Waals surface area contributed by atoms with Crippen molar-refractivity contribution in [3.8, 4) is 0 Å². The molecule has 0 N–H and O–H groups in total. The lowest BCUT2D eigenvalue weighted by atomic mass is 9.94. The highest BCUT2D eigenvalue weighted by Crippen LogP contribution is 2.22. The Labute approximate surface area is 130 Å². The van der Waals surface area contributed by atoms with E-state index < -0.39 is 0 Å². The van der Waals surface area contributed by atoms with Gasteiger partial charge < -0.3 is 0 Å². The summed E-state index contributed by atoms with van der Waals surface area (Å²) in [5, 5.41) is 1.25. The van der Waals surface area contributed by atoms with Crippen molar-refractivity contribution < 1.29 is 8.78 Å². The van der Waals surface area contributed by atoms with Crippen molar-refractivity contribution in [2.45, 2.75) is 12.8 Å². The quantitative estimate of drug-likeness (QED) is 0.626. The standard InChI is InChI=1S/C16H14BrClF2/c17-10-12(6-11-2-1-3-15(19)8-11)7-13-9-14(18)4-5-16(13)20/h1-5,8-9,12H,6-7,10H2. The van der Waals surface area contributed by atoms with Crippen molar-refractivity contribution in [1.29, 1.82) is 0 Å². The lowest BCUT2D eigenvalue weighted by Crippen LogP contribution is -2.11. The van der Waals surface area contributed by atoms with Crippen molar-refractivity contribution >= 4 is 27.5 Å². The molecule has 2 rings (SSSR count). The first kappa shape index (κ1) is 15.5. The third kappa shape index (κ3) is 4.29. The van der Waals surface area contributed by atoms with Gasteiger partial charge in [0.25, 0.3) is 0 Å². The Morgan fingerprint density at radius 3 is 2.55 bits per heavy atom. The van der Waals surface area contributed by atoms with Gasteiger partial charge in [0.05, 0.1) is 0 Å². The second kappa shape index (κ2) is 7.19. The van der Waals surface area contributed by atoms with Gasteiger partial charge in [-0.2, -0.15) is 0 Å². The highest BCUT2D eigenvalue weighted by molar-refractivity contribution is 9.09. The van der Waals surface area contributed by atoms with Crippen molar-refractivity contribution in [2.24, 2.45) is 5.92 Å². The van der Waals surface area contributed by atoms with Gasteiger partial charge in [0.1, 0.15) is 11.6 Å². The summed E-state index contributed by atoms with van der Waals surface area (Å²) in [6, 6.07) is 11.1. The maximum absolute atomic E-state index is 13.7. The van der Waals surface area contributed by atoms with Crippen LogP contribution in [-0.2, 0) is 12.8 Å². The molecule has 2 aromatic rings. The zero-order valence-corrected chi connectivity index (χ0v) is 13.1. The van der Waals surface area contributed by atoms with Gasteiger partial charge in [0.2, 0.25) is 0 Å².